The van der Waals surface area contributed by atoms with E-state index < -0.39 is 0 Å². The van der Waals surface area contributed by atoms with E-state index in [0.29, 0.717) is 5.56 Å². The maximum atomic E-state index is 12.4. The Labute approximate surface area is 134 Å². The molecule has 0 fully saturated rings. The minimum Gasteiger partial charge on any atom is -0.346 e. The summed E-state index contributed by atoms with van der Waals surface area (Å²) in [6.07, 6.45) is 3.43. The Morgan fingerprint density at radius 2 is 1.65 bits per heavy atom. The van der Waals surface area contributed by atoms with E-state index in [4.69, 9.17) is 0 Å². The first-order valence-electron chi connectivity index (χ1n) is 7.50. The Morgan fingerprint density at radius 1 is 1.00 bits per heavy atom. The summed E-state index contributed by atoms with van der Waals surface area (Å²) >= 11 is 0. The fraction of sp³-hybridized carbons (Fsp3) is 0.222. The predicted octanol–water partition coefficient (Wildman–Crippen LogP) is 3.13. The number of rotatable bonds is 3. The van der Waals surface area contributed by atoms with Gasteiger partial charge in [0.05, 0.1) is 28.5 Å². The van der Waals surface area contributed by atoms with Gasteiger partial charge in [-0.1, -0.05) is 0 Å². The molecular formula is C18H18N4O. The van der Waals surface area contributed by atoms with Crippen LogP contribution in [0.4, 0.5) is 0 Å². The number of aryl methyl sites for hydroxylation is 2. The van der Waals surface area contributed by atoms with Gasteiger partial charge < -0.3 is 5.32 Å². The van der Waals surface area contributed by atoms with Gasteiger partial charge in [-0.3, -0.25) is 9.78 Å². The van der Waals surface area contributed by atoms with Gasteiger partial charge in [-0.25, -0.2) is 9.97 Å². The van der Waals surface area contributed by atoms with Gasteiger partial charge in [0, 0.05) is 18.0 Å². The molecule has 5 nitrogen and oxygen atoms in total. The SMILES string of the molecule is Cc1nc2ccc(C(=O)NC(C)c3ccncc3)cc2nc1C. The number of pyridine rings is 1. The summed E-state index contributed by atoms with van der Waals surface area (Å²) in [5.74, 6) is -0.128. The van der Waals surface area contributed by atoms with Crippen molar-refractivity contribution in [2.75, 3.05) is 0 Å². The van der Waals surface area contributed by atoms with Crippen LogP contribution < -0.4 is 5.32 Å². The lowest BCUT2D eigenvalue weighted by atomic mass is 10.1. The van der Waals surface area contributed by atoms with Crippen molar-refractivity contribution >= 4 is 16.9 Å². The minimum atomic E-state index is -0.128. The molecule has 0 aliphatic carbocycles. The third kappa shape index (κ3) is 3.18. The number of benzene rings is 1. The lowest BCUT2D eigenvalue weighted by molar-refractivity contribution is 0.0940. The molecule has 0 saturated heterocycles. The molecule has 1 aromatic carbocycles. The van der Waals surface area contributed by atoms with E-state index >= 15 is 0 Å². The normalized spacial score (nSPS) is 12.1. The Hall–Kier alpha value is -2.82. The summed E-state index contributed by atoms with van der Waals surface area (Å²) in [6.45, 7) is 5.79. The Kier molecular flexibility index (Phi) is 4.02. The molecule has 0 spiro atoms. The molecule has 116 valence electrons. The van der Waals surface area contributed by atoms with Crippen LogP contribution >= 0.6 is 0 Å². The average molecular weight is 306 g/mol. The smallest absolute Gasteiger partial charge is 0.251 e. The first-order valence-corrected chi connectivity index (χ1v) is 7.50. The van der Waals surface area contributed by atoms with E-state index in [2.05, 4.69) is 20.3 Å². The zero-order valence-corrected chi connectivity index (χ0v) is 13.4. The number of aromatic nitrogens is 3. The van der Waals surface area contributed by atoms with E-state index in [1.807, 2.05) is 39.0 Å². The molecule has 0 aliphatic rings. The monoisotopic (exact) mass is 306 g/mol. The molecule has 5 heteroatoms. The van der Waals surface area contributed by atoms with Crippen LogP contribution in [0.5, 0.6) is 0 Å². The van der Waals surface area contributed by atoms with Gasteiger partial charge in [0.1, 0.15) is 0 Å². The molecule has 1 amide bonds. The number of nitrogens with zero attached hydrogens (tertiary/aromatic N) is 3. The second kappa shape index (κ2) is 6.12. The topological polar surface area (TPSA) is 67.8 Å². The van der Waals surface area contributed by atoms with Crippen molar-refractivity contribution in [3.8, 4) is 0 Å². The van der Waals surface area contributed by atoms with Gasteiger partial charge in [0.25, 0.3) is 5.91 Å². The highest BCUT2D eigenvalue weighted by Gasteiger charge is 2.12. The van der Waals surface area contributed by atoms with Gasteiger partial charge in [0.15, 0.2) is 0 Å². The van der Waals surface area contributed by atoms with Crippen LogP contribution in [0.2, 0.25) is 0 Å². The lowest BCUT2D eigenvalue weighted by Crippen LogP contribution is -2.26. The second-order valence-electron chi connectivity index (χ2n) is 5.57. The van der Waals surface area contributed by atoms with Crippen LogP contribution in [0, 0.1) is 13.8 Å². The first kappa shape index (κ1) is 15.1. The minimum absolute atomic E-state index is 0.0907. The highest BCUT2D eigenvalue weighted by molar-refractivity contribution is 5.97. The number of carbonyl (C=O) groups is 1. The zero-order chi connectivity index (χ0) is 16.4. The second-order valence-corrected chi connectivity index (χ2v) is 5.57. The third-order valence-corrected chi connectivity index (χ3v) is 3.89. The summed E-state index contributed by atoms with van der Waals surface area (Å²) in [5.41, 5.74) is 4.90. The maximum Gasteiger partial charge on any atom is 0.251 e. The van der Waals surface area contributed by atoms with Crippen molar-refractivity contribution in [2.45, 2.75) is 26.8 Å². The molecule has 1 unspecified atom stereocenters. The summed E-state index contributed by atoms with van der Waals surface area (Å²) in [4.78, 5) is 25.4. The van der Waals surface area contributed by atoms with Crippen molar-refractivity contribution in [2.24, 2.45) is 0 Å². The van der Waals surface area contributed by atoms with Crippen LogP contribution in [0.3, 0.4) is 0 Å². The maximum absolute atomic E-state index is 12.4. The molecule has 23 heavy (non-hydrogen) atoms. The fourth-order valence-electron chi connectivity index (χ4n) is 2.39. The number of hydrogen-bond donors (Lipinski definition) is 1. The van der Waals surface area contributed by atoms with Crippen LogP contribution in [-0.2, 0) is 0 Å². The fourth-order valence-corrected chi connectivity index (χ4v) is 2.39. The number of fused-ring (bicyclic) bond motifs is 1. The molecule has 0 aliphatic heterocycles. The van der Waals surface area contributed by atoms with Gasteiger partial charge in [0.2, 0.25) is 0 Å². The van der Waals surface area contributed by atoms with Crippen molar-refractivity contribution in [1.82, 2.24) is 20.3 Å². The molecule has 2 heterocycles. The predicted molar refractivity (Wildman–Crippen MR) is 89.1 cm³/mol. The Morgan fingerprint density at radius 3 is 2.35 bits per heavy atom. The van der Waals surface area contributed by atoms with E-state index in [1.54, 1.807) is 24.5 Å². The average Bonchev–Trinajstić information content (AvgIpc) is 2.56. The molecule has 1 N–H and O–H groups in total. The van der Waals surface area contributed by atoms with Crippen molar-refractivity contribution in [3.63, 3.8) is 0 Å². The van der Waals surface area contributed by atoms with Crippen molar-refractivity contribution < 1.29 is 4.79 Å². The summed E-state index contributed by atoms with van der Waals surface area (Å²) in [5, 5.41) is 2.99. The van der Waals surface area contributed by atoms with E-state index in [-0.39, 0.29) is 11.9 Å². The number of nitrogens with one attached hydrogen (secondary N) is 1. The van der Waals surface area contributed by atoms with Crippen LogP contribution in [0.1, 0.15) is 40.3 Å². The highest BCUT2D eigenvalue weighted by Crippen LogP contribution is 2.16. The van der Waals surface area contributed by atoms with Crippen molar-refractivity contribution in [1.29, 1.82) is 0 Å². The summed E-state index contributed by atoms with van der Waals surface area (Å²) in [7, 11) is 0. The molecule has 0 radical (unpaired) electrons. The van der Waals surface area contributed by atoms with E-state index in [0.717, 1.165) is 28.0 Å². The van der Waals surface area contributed by atoms with E-state index in [1.165, 1.54) is 0 Å². The molecule has 0 saturated carbocycles. The largest absolute Gasteiger partial charge is 0.346 e. The molecule has 1 atom stereocenters. The van der Waals surface area contributed by atoms with Crippen molar-refractivity contribution in [3.05, 3.63) is 65.2 Å². The van der Waals surface area contributed by atoms with Gasteiger partial charge in [-0.05, 0) is 56.7 Å². The molecule has 2 aromatic heterocycles. The van der Waals surface area contributed by atoms with Crippen LogP contribution in [0.15, 0.2) is 42.7 Å². The zero-order valence-electron chi connectivity index (χ0n) is 13.4. The quantitative estimate of drug-likeness (QED) is 0.807. The van der Waals surface area contributed by atoms with Crippen LogP contribution in [-0.4, -0.2) is 20.9 Å². The molecule has 3 aromatic rings. The lowest BCUT2D eigenvalue weighted by Gasteiger charge is -2.14. The Balaban J connectivity index is 1.85. The standard InChI is InChI=1S/C18H18N4O/c1-11-12(2)21-17-10-15(4-5-16(17)20-11)18(23)22-13(3)14-6-8-19-9-7-14/h4-10,13H,1-3H3,(H,22,23). The highest BCUT2D eigenvalue weighted by atomic mass is 16.1. The first-order chi connectivity index (χ1) is 11.0. The van der Waals surface area contributed by atoms with Gasteiger partial charge >= 0.3 is 0 Å². The van der Waals surface area contributed by atoms with Gasteiger partial charge in [-0.15, -0.1) is 0 Å². The molecular weight excluding hydrogens is 288 g/mol. The van der Waals surface area contributed by atoms with Crippen LogP contribution in [0.25, 0.3) is 11.0 Å². The summed E-state index contributed by atoms with van der Waals surface area (Å²) in [6, 6.07) is 9.09. The third-order valence-electron chi connectivity index (χ3n) is 3.89. The number of carbonyl (C=O) groups excluding carboxylic acids is 1. The number of amides is 1. The number of hydrogen-bond acceptors (Lipinski definition) is 4. The van der Waals surface area contributed by atoms with Gasteiger partial charge in [-0.2, -0.15) is 0 Å². The Bertz CT molecular complexity index is 862. The molecule has 3 rings (SSSR count). The molecule has 0 bridgehead atoms. The summed E-state index contributed by atoms with van der Waals surface area (Å²) < 4.78 is 0. The van der Waals surface area contributed by atoms with E-state index in [9.17, 15) is 4.79 Å².